The molecule has 0 aliphatic heterocycles. The third-order valence-electron chi connectivity index (χ3n) is 3.57. The molecule has 140 valence electrons. The number of ether oxygens (including phenoxy) is 2. The molecule has 6 heteroatoms. The van der Waals surface area contributed by atoms with Gasteiger partial charge < -0.3 is 14.6 Å². The number of aliphatic carboxylic acids is 1. The third-order valence-corrected chi connectivity index (χ3v) is 3.57. The fraction of sp³-hybridized carbons (Fsp3) is 0.833. The van der Waals surface area contributed by atoms with Crippen LogP contribution in [0.25, 0.3) is 0 Å². The first kappa shape index (κ1) is 22.4. The Morgan fingerprint density at radius 1 is 0.750 bits per heavy atom. The third kappa shape index (κ3) is 15.3. The van der Waals surface area contributed by atoms with Gasteiger partial charge in [-0.2, -0.15) is 0 Å². The molecule has 0 radical (unpaired) electrons. The Hall–Kier alpha value is -1.59. The highest BCUT2D eigenvalue weighted by Crippen LogP contribution is 2.11. The van der Waals surface area contributed by atoms with E-state index in [1.54, 1.807) is 6.92 Å². The van der Waals surface area contributed by atoms with Gasteiger partial charge in [0.25, 0.3) is 0 Å². The molecular formula is C18H32O6. The largest absolute Gasteiger partial charge is 0.481 e. The maximum Gasteiger partial charge on any atom is 0.308 e. The van der Waals surface area contributed by atoms with Crippen LogP contribution >= 0.6 is 0 Å². The molecule has 0 saturated heterocycles. The lowest BCUT2D eigenvalue weighted by Crippen LogP contribution is -2.21. The summed E-state index contributed by atoms with van der Waals surface area (Å²) in [7, 11) is 0. The maximum atomic E-state index is 11.6. The van der Waals surface area contributed by atoms with Gasteiger partial charge in [0.2, 0.25) is 6.29 Å². The van der Waals surface area contributed by atoms with Gasteiger partial charge in [-0.25, -0.2) is 0 Å². The zero-order chi connectivity index (χ0) is 18.2. The van der Waals surface area contributed by atoms with Crippen molar-refractivity contribution in [3.05, 3.63) is 0 Å². The van der Waals surface area contributed by atoms with E-state index in [1.165, 1.54) is 0 Å². The van der Waals surface area contributed by atoms with E-state index in [4.69, 9.17) is 14.6 Å². The summed E-state index contributed by atoms with van der Waals surface area (Å²) < 4.78 is 9.98. The van der Waals surface area contributed by atoms with Crippen LogP contribution in [0, 0.1) is 0 Å². The van der Waals surface area contributed by atoms with E-state index < -0.39 is 12.3 Å². The summed E-state index contributed by atoms with van der Waals surface area (Å²) in [5.74, 6) is -1.40. The molecule has 0 rings (SSSR count). The van der Waals surface area contributed by atoms with Crippen LogP contribution in [0.1, 0.15) is 90.9 Å². The van der Waals surface area contributed by atoms with Gasteiger partial charge in [0, 0.05) is 26.2 Å². The lowest BCUT2D eigenvalue weighted by molar-refractivity contribution is -0.184. The highest BCUT2D eigenvalue weighted by Gasteiger charge is 2.13. The Kier molecular flexibility index (Phi) is 14.0. The average Bonchev–Trinajstić information content (AvgIpc) is 2.48. The van der Waals surface area contributed by atoms with E-state index in [9.17, 15) is 14.4 Å². The zero-order valence-corrected chi connectivity index (χ0v) is 15.1. The standard InChI is InChI=1S/C18H32O6/c1-3-12-17(21)23-15(2)24-18(22)14-11-9-7-5-4-6-8-10-13-16(19)20/h15H,3-14H2,1-2H3,(H,19,20). The number of hydrogen-bond acceptors (Lipinski definition) is 5. The van der Waals surface area contributed by atoms with Gasteiger partial charge in [0.15, 0.2) is 0 Å². The molecule has 0 heterocycles. The summed E-state index contributed by atoms with van der Waals surface area (Å²) in [4.78, 5) is 33.2. The van der Waals surface area contributed by atoms with E-state index in [-0.39, 0.29) is 18.4 Å². The van der Waals surface area contributed by atoms with Gasteiger partial charge >= 0.3 is 17.9 Å². The second kappa shape index (κ2) is 15.0. The molecule has 0 bridgehead atoms. The fourth-order valence-electron chi connectivity index (χ4n) is 2.32. The number of carboxylic acids is 1. The highest BCUT2D eigenvalue weighted by atomic mass is 16.7. The first-order valence-electron chi connectivity index (χ1n) is 9.06. The van der Waals surface area contributed by atoms with Crippen molar-refractivity contribution in [1.29, 1.82) is 0 Å². The summed E-state index contributed by atoms with van der Waals surface area (Å²) >= 11 is 0. The predicted octanol–water partition coefficient (Wildman–Crippen LogP) is 4.20. The minimum Gasteiger partial charge on any atom is -0.481 e. The van der Waals surface area contributed by atoms with Crippen LogP contribution in [0.15, 0.2) is 0 Å². The second-order valence-electron chi connectivity index (χ2n) is 6.02. The molecule has 0 aromatic rings. The molecular weight excluding hydrogens is 312 g/mol. The van der Waals surface area contributed by atoms with Crippen LogP contribution in [0.2, 0.25) is 0 Å². The van der Waals surface area contributed by atoms with Crippen molar-refractivity contribution in [2.75, 3.05) is 0 Å². The van der Waals surface area contributed by atoms with E-state index in [0.29, 0.717) is 19.3 Å². The summed E-state index contributed by atoms with van der Waals surface area (Å²) in [5, 5.41) is 8.52. The van der Waals surface area contributed by atoms with E-state index in [0.717, 1.165) is 51.4 Å². The molecule has 1 atom stereocenters. The fourth-order valence-corrected chi connectivity index (χ4v) is 2.32. The lowest BCUT2D eigenvalue weighted by Gasteiger charge is -2.13. The number of carbonyl (C=O) groups excluding carboxylic acids is 2. The molecule has 0 aliphatic carbocycles. The Morgan fingerprint density at radius 2 is 1.17 bits per heavy atom. The van der Waals surface area contributed by atoms with Crippen molar-refractivity contribution in [1.82, 2.24) is 0 Å². The SMILES string of the molecule is CCCC(=O)OC(C)OC(=O)CCCCCCCCCCC(=O)O. The summed E-state index contributed by atoms with van der Waals surface area (Å²) in [6.45, 7) is 3.43. The molecule has 6 nitrogen and oxygen atoms in total. The average molecular weight is 344 g/mol. The number of carboxylic acid groups (broad SMARTS) is 1. The number of rotatable bonds is 15. The minimum atomic E-state index is -0.817. The second-order valence-corrected chi connectivity index (χ2v) is 6.02. The van der Waals surface area contributed by atoms with Gasteiger partial charge in [0.1, 0.15) is 0 Å². The quantitative estimate of drug-likeness (QED) is 0.272. The monoisotopic (exact) mass is 344 g/mol. The molecule has 0 amide bonds. The number of unbranched alkanes of at least 4 members (excludes halogenated alkanes) is 7. The predicted molar refractivity (Wildman–Crippen MR) is 90.4 cm³/mol. The van der Waals surface area contributed by atoms with Crippen LogP contribution in [0.5, 0.6) is 0 Å². The molecule has 0 aliphatic rings. The molecule has 1 unspecified atom stereocenters. The van der Waals surface area contributed by atoms with E-state index in [2.05, 4.69) is 0 Å². The van der Waals surface area contributed by atoms with Crippen LogP contribution in [-0.2, 0) is 23.9 Å². The van der Waals surface area contributed by atoms with Crippen molar-refractivity contribution >= 4 is 17.9 Å². The van der Waals surface area contributed by atoms with Crippen molar-refractivity contribution in [2.45, 2.75) is 97.2 Å². The molecule has 0 aromatic heterocycles. The topological polar surface area (TPSA) is 89.9 Å². The van der Waals surface area contributed by atoms with Gasteiger partial charge in [0.05, 0.1) is 0 Å². The highest BCUT2D eigenvalue weighted by molar-refractivity contribution is 5.71. The van der Waals surface area contributed by atoms with Gasteiger partial charge in [-0.05, 0) is 19.3 Å². The molecule has 0 aromatic carbocycles. The Bertz CT molecular complexity index is 367. The first-order chi connectivity index (χ1) is 11.5. The summed E-state index contributed by atoms with van der Waals surface area (Å²) in [5.41, 5.74) is 0. The molecule has 0 fully saturated rings. The van der Waals surface area contributed by atoms with Crippen molar-refractivity contribution in [3.8, 4) is 0 Å². The van der Waals surface area contributed by atoms with E-state index in [1.807, 2.05) is 6.92 Å². The Balaban J connectivity index is 3.42. The van der Waals surface area contributed by atoms with Gasteiger partial charge in [-0.1, -0.05) is 45.4 Å². The van der Waals surface area contributed by atoms with Crippen molar-refractivity contribution in [3.63, 3.8) is 0 Å². The first-order valence-corrected chi connectivity index (χ1v) is 9.06. The number of esters is 2. The minimum absolute atomic E-state index is 0.258. The molecule has 0 spiro atoms. The van der Waals surface area contributed by atoms with Crippen molar-refractivity contribution < 1.29 is 29.0 Å². The molecule has 24 heavy (non-hydrogen) atoms. The summed E-state index contributed by atoms with van der Waals surface area (Å²) in [6.07, 6.45) is 8.62. The van der Waals surface area contributed by atoms with Crippen LogP contribution in [0.3, 0.4) is 0 Å². The Morgan fingerprint density at radius 3 is 1.62 bits per heavy atom. The summed E-state index contributed by atoms with van der Waals surface area (Å²) in [6, 6.07) is 0. The normalized spacial score (nSPS) is 11.8. The zero-order valence-electron chi connectivity index (χ0n) is 15.1. The van der Waals surface area contributed by atoms with Crippen molar-refractivity contribution in [2.24, 2.45) is 0 Å². The molecule has 1 N–H and O–H groups in total. The maximum absolute atomic E-state index is 11.6. The van der Waals surface area contributed by atoms with Gasteiger partial charge in [-0.15, -0.1) is 0 Å². The van der Waals surface area contributed by atoms with Gasteiger partial charge in [-0.3, -0.25) is 14.4 Å². The number of hydrogen-bond donors (Lipinski definition) is 1. The smallest absolute Gasteiger partial charge is 0.308 e. The molecule has 0 saturated carbocycles. The Labute approximate surface area is 144 Å². The number of carbonyl (C=O) groups is 3. The van der Waals surface area contributed by atoms with Crippen LogP contribution in [-0.4, -0.2) is 29.3 Å². The lowest BCUT2D eigenvalue weighted by atomic mass is 10.1. The van der Waals surface area contributed by atoms with Crippen LogP contribution in [0.4, 0.5) is 0 Å². The van der Waals surface area contributed by atoms with Crippen LogP contribution < -0.4 is 0 Å². The van der Waals surface area contributed by atoms with E-state index >= 15 is 0 Å².